The SMILES string of the molecule is CC(=O)Nc1ccc(NC(=O)COC(=O)c2csc(-c3ccc(F)cc3)n2)cc1. The first-order valence-electron chi connectivity index (χ1n) is 8.47. The second-order valence-corrected chi connectivity index (χ2v) is 6.79. The van der Waals surface area contributed by atoms with Gasteiger partial charge in [-0.15, -0.1) is 11.3 Å². The molecule has 0 bridgehead atoms. The molecule has 0 aliphatic heterocycles. The molecule has 1 aromatic heterocycles. The van der Waals surface area contributed by atoms with Crippen molar-refractivity contribution in [1.82, 2.24) is 4.98 Å². The van der Waals surface area contributed by atoms with Crippen molar-refractivity contribution in [3.63, 3.8) is 0 Å². The van der Waals surface area contributed by atoms with Gasteiger partial charge in [-0.3, -0.25) is 9.59 Å². The molecule has 1 heterocycles. The van der Waals surface area contributed by atoms with Crippen molar-refractivity contribution in [1.29, 1.82) is 0 Å². The third-order valence-electron chi connectivity index (χ3n) is 3.63. The topological polar surface area (TPSA) is 97.4 Å². The Labute approximate surface area is 169 Å². The Morgan fingerprint density at radius 3 is 2.24 bits per heavy atom. The van der Waals surface area contributed by atoms with Crippen molar-refractivity contribution in [2.75, 3.05) is 17.2 Å². The van der Waals surface area contributed by atoms with E-state index in [-0.39, 0.29) is 17.4 Å². The summed E-state index contributed by atoms with van der Waals surface area (Å²) in [7, 11) is 0. The lowest BCUT2D eigenvalue weighted by Crippen LogP contribution is -2.21. The summed E-state index contributed by atoms with van der Waals surface area (Å²) < 4.78 is 18.0. The maximum Gasteiger partial charge on any atom is 0.358 e. The molecule has 7 nitrogen and oxygen atoms in total. The summed E-state index contributed by atoms with van der Waals surface area (Å²) in [5, 5.41) is 7.25. The van der Waals surface area contributed by atoms with E-state index < -0.39 is 18.5 Å². The first-order valence-corrected chi connectivity index (χ1v) is 9.35. The van der Waals surface area contributed by atoms with Crippen molar-refractivity contribution < 1.29 is 23.5 Å². The summed E-state index contributed by atoms with van der Waals surface area (Å²) in [4.78, 5) is 39.2. The normalized spacial score (nSPS) is 10.3. The number of hydrogen-bond acceptors (Lipinski definition) is 6. The van der Waals surface area contributed by atoms with Crippen LogP contribution in [-0.2, 0) is 14.3 Å². The molecule has 2 amide bonds. The third-order valence-corrected chi connectivity index (χ3v) is 4.52. The molecular formula is C20H16FN3O4S. The van der Waals surface area contributed by atoms with E-state index in [1.54, 1.807) is 36.4 Å². The van der Waals surface area contributed by atoms with Gasteiger partial charge >= 0.3 is 5.97 Å². The van der Waals surface area contributed by atoms with E-state index in [1.807, 2.05) is 0 Å². The number of esters is 1. The highest BCUT2D eigenvalue weighted by atomic mass is 32.1. The summed E-state index contributed by atoms with van der Waals surface area (Å²) in [6.07, 6.45) is 0. The molecule has 0 aliphatic carbocycles. The molecule has 0 spiro atoms. The Kier molecular flexibility index (Phi) is 6.30. The summed E-state index contributed by atoms with van der Waals surface area (Å²) >= 11 is 1.21. The van der Waals surface area contributed by atoms with Crippen LogP contribution >= 0.6 is 11.3 Å². The molecule has 0 unspecified atom stereocenters. The summed E-state index contributed by atoms with van der Waals surface area (Å²) in [6.45, 7) is 0.921. The number of carbonyl (C=O) groups is 3. The number of nitrogens with zero attached hydrogens (tertiary/aromatic N) is 1. The fraction of sp³-hybridized carbons (Fsp3) is 0.100. The number of rotatable bonds is 6. The van der Waals surface area contributed by atoms with E-state index in [0.29, 0.717) is 21.9 Å². The third kappa shape index (κ3) is 5.69. The molecule has 0 atom stereocenters. The number of aromatic nitrogens is 1. The van der Waals surface area contributed by atoms with E-state index in [9.17, 15) is 18.8 Å². The molecule has 0 saturated carbocycles. The Morgan fingerprint density at radius 1 is 1.00 bits per heavy atom. The van der Waals surface area contributed by atoms with E-state index in [1.165, 1.54) is 35.8 Å². The second kappa shape index (κ2) is 9.07. The minimum atomic E-state index is -0.731. The number of thiazole rings is 1. The van der Waals surface area contributed by atoms with Crippen molar-refractivity contribution in [3.8, 4) is 10.6 Å². The Morgan fingerprint density at radius 2 is 1.62 bits per heavy atom. The fourth-order valence-corrected chi connectivity index (χ4v) is 3.13. The van der Waals surface area contributed by atoms with E-state index in [2.05, 4.69) is 15.6 Å². The van der Waals surface area contributed by atoms with Crippen LogP contribution in [0.5, 0.6) is 0 Å². The minimum Gasteiger partial charge on any atom is -0.451 e. The Bertz CT molecular complexity index is 1030. The highest BCUT2D eigenvalue weighted by Crippen LogP contribution is 2.24. The highest BCUT2D eigenvalue weighted by molar-refractivity contribution is 7.13. The van der Waals surface area contributed by atoms with Crippen LogP contribution in [0, 0.1) is 5.82 Å². The van der Waals surface area contributed by atoms with Gasteiger partial charge in [0.15, 0.2) is 12.3 Å². The zero-order valence-corrected chi connectivity index (χ0v) is 16.1. The standard InChI is InChI=1S/C20H16FN3O4S/c1-12(25)22-15-6-8-16(9-7-15)23-18(26)10-28-20(27)17-11-29-19(24-17)13-2-4-14(21)5-3-13/h2-9,11H,10H2,1H3,(H,22,25)(H,23,26). The number of hydrogen-bond donors (Lipinski definition) is 2. The lowest BCUT2D eigenvalue weighted by Gasteiger charge is -2.07. The van der Waals surface area contributed by atoms with Gasteiger partial charge in [0.05, 0.1) is 0 Å². The molecule has 2 N–H and O–H groups in total. The monoisotopic (exact) mass is 413 g/mol. The quantitative estimate of drug-likeness (QED) is 0.601. The molecule has 0 radical (unpaired) electrons. The van der Waals surface area contributed by atoms with E-state index in [4.69, 9.17) is 4.74 Å². The predicted octanol–water partition coefficient (Wildman–Crippen LogP) is 3.70. The average molecular weight is 413 g/mol. The van der Waals surface area contributed by atoms with Gasteiger partial charge in [-0.25, -0.2) is 14.2 Å². The number of anilines is 2. The minimum absolute atomic E-state index is 0.0711. The van der Waals surface area contributed by atoms with Crippen LogP contribution in [0.1, 0.15) is 17.4 Å². The maximum atomic E-state index is 13.0. The zero-order chi connectivity index (χ0) is 20.8. The lowest BCUT2D eigenvalue weighted by molar-refractivity contribution is -0.119. The van der Waals surface area contributed by atoms with Gasteiger partial charge in [-0.1, -0.05) is 0 Å². The van der Waals surface area contributed by atoms with Crippen LogP contribution in [0.2, 0.25) is 0 Å². The van der Waals surface area contributed by atoms with Crippen molar-refractivity contribution in [3.05, 3.63) is 65.4 Å². The number of nitrogens with one attached hydrogen (secondary N) is 2. The summed E-state index contributed by atoms with van der Waals surface area (Å²) in [5.41, 5.74) is 1.84. The first-order chi connectivity index (χ1) is 13.9. The smallest absolute Gasteiger partial charge is 0.358 e. The number of halogens is 1. The molecule has 0 saturated heterocycles. The molecule has 3 aromatic rings. The van der Waals surface area contributed by atoms with Gasteiger partial charge in [0.1, 0.15) is 10.8 Å². The zero-order valence-electron chi connectivity index (χ0n) is 15.3. The van der Waals surface area contributed by atoms with Crippen LogP contribution in [0.15, 0.2) is 53.9 Å². The van der Waals surface area contributed by atoms with Gasteiger partial charge in [-0.05, 0) is 48.5 Å². The van der Waals surface area contributed by atoms with Crippen LogP contribution in [0.25, 0.3) is 10.6 Å². The van der Waals surface area contributed by atoms with Crippen molar-refractivity contribution >= 4 is 40.5 Å². The molecule has 2 aromatic carbocycles. The van der Waals surface area contributed by atoms with Gasteiger partial charge in [-0.2, -0.15) is 0 Å². The summed E-state index contributed by atoms with van der Waals surface area (Å²) in [6, 6.07) is 12.2. The lowest BCUT2D eigenvalue weighted by atomic mass is 10.2. The summed E-state index contributed by atoms with van der Waals surface area (Å²) in [5.74, 6) is -1.80. The second-order valence-electron chi connectivity index (χ2n) is 5.93. The maximum absolute atomic E-state index is 13.0. The Hall–Kier alpha value is -3.59. The molecule has 3 rings (SSSR count). The van der Waals surface area contributed by atoms with Crippen LogP contribution in [0.4, 0.5) is 15.8 Å². The van der Waals surface area contributed by atoms with E-state index >= 15 is 0 Å². The molecular weight excluding hydrogens is 397 g/mol. The predicted molar refractivity (Wildman–Crippen MR) is 107 cm³/mol. The molecule has 29 heavy (non-hydrogen) atoms. The molecule has 0 fully saturated rings. The number of amides is 2. The van der Waals surface area contributed by atoms with Crippen LogP contribution in [-0.4, -0.2) is 29.4 Å². The number of ether oxygens (including phenoxy) is 1. The van der Waals surface area contributed by atoms with Gasteiger partial charge in [0, 0.05) is 29.2 Å². The van der Waals surface area contributed by atoms with Crippen molar-refractivity contribution in [2.45, 2.75) is 6.92 Å². The first kappa shape index (κ1) is 20.2. The number of carbonyl (C=O) groups excluding carboxylic acids is 3. The highest BCUT2D eigenvalue weighted by Gasteiger charge is 2.15. The van der Waals surface area contributed by atoms with Gasteiger partial charge in [0.25, 0.3) is 5.91 Å². The molecule has 9 heteroatoms. The van der Waals surface area contributed by atoms with Crippen LogP contribution < -0.4 is 10.6 Å². The number of benzene rings is 2. The molecule has 148 valence electrons. The Balaban J connectivity index is 1.52. The van der Waals surface area contributed by atoms with Gasteiger partial charge < -0.3 is 15.4 Å². The van der Waals surface area contributed by atoms with Gasteiger partial charge in [0.2, 0.25) is 5.91 Å². The van der Waals surface area contributed by atoms with Crippen molar-refractivity contribution in [2.24, 2.45) is 0 Å². The van der Waals surface area contributed by atoms with Crippen LogP contribution in [0.3, 0.4) is 0 Å². The van der Waals surface area contributed by atoms with E-state index in [0.717, 1.165) is 0 Å². The molecule has 0 aliphatic rings. The fourth-order valence-electron chi connectivity index (χ4n) is 2.33. The largest absolute Gasteiger partial charge is 0.451 e. The average Bonchev–Trinajstić information content (AvgIpc) is 3.18.